The molecule has 0 radical (unpaired) electrons. The summed E-state index contributed by atoms with van der Waals surface area (Å²) in [6.07, 6.45) is 1.61. The highest BCUT2D eigenvalue weighted by atomic mass is 35.5. The van der Waals surface area contributed by atoms with E-state index >= 15 is 0 Å². The monoisotopic (exact) mass is 1050 g/mol. The summed E-state index contributed by atoms with van der Waals surface area (Å²) in [5.41, 5.74) is 7.70. The largest absolute Gasteiger partial charge is 0.484 e. The van der Waals surface area contributed by atoms with Gasteiger partial charge in [0.05, 0.1) is 40.4 Å². The average Bonchev–Trinajstić information content (AvgIpc) is 4.11. The van der Waals surface area contributed by atoms with Crippen LogP contribution in [-0.2, 0) is 19.2 Å². The van der Waals surface area contributed by atoms with Gasteiger partial charge in [0.2, 0.25) is 23.6 Å². The fourth-order valence-corrected chi connectivity index (χ4v) is 11.6. The molecule has 5 atom stereocenters. The lowest BCUT2D eigenvalue weighted by Gasteiger charge is -2.35. The van der Waals surface area contributed by atoms with Gasteiger partial charge in [-0.1, -0.05) is 68.8 Å². The molecule has 3 aliphatic rings. The smallest absolute Gasteiger partial charge is 0.258 e. The van der Waals surface area contributed by atoms with Crippen molar-refractivity contribution in [2.24, 2.45) is 10.4 Å². The first-order chi connectivity index (χ1) is 34.8. The molecule has 4 aromatic heterocycles. The Morgan fingerprint density at radius 3 is 2.34 bits per heavy atom. The van der Waals surface area contributed by atoms with Crippen molar-refractivity contribution < 1.29 is 33.8 Å². The molecule has 20 heteroatoms. The van der Waals surface area contributed by atoms with Crippen molar-refractivity contribution in [3.05, 3.63) is 122 Å². The van der Waals surface area contributed by atoms with Gasteiger partial charge in [-0.2, -0.15) is 0 Å². The molecular weight excluding hydrogens is 988 g/mol. The fraction of sp³-hybridized carbons (Fsp3) is 0.415. The lowest BCUT2D eigenvalue weighted by atomic mass is 9.85. The van der Waals surface area contributed by atoms with Crippen LogP contribution in [0.5, 0.6) is 11.6 Å². The zero-order valence-electron chi connectivity index (χ0n) is 41.9. The van der Waals surface area contributed by atoms with E-state index in [1.54, 1.807) is 34.8 Å². The number of carbonyl (C=O) groups is 4. The van der Waals surface area contributed by atoms with Crippen molar-refractivity contribution in [2.75, 3.05) is 13.2 Å². The van der Waals surface area contributed by atoms with Crippen molar-refractivity contribution in [2.45, 2.75) is 123 Å². The molecule has 382 valence electrons. The molecule has 4 N–H and O–H groups in total. The third-order valence-electron chi connectivity index (χ3n) is 13.6. The molecule has 17 nitrogen and oxygen atoms in total. The number of pyridine rings is 1. The number of aryl methyl sites for hydroxylation is 3. The lowest BCUT2D eigenvalue weighted by Crippen LogP contribution is -2.58. The predicted molar refractivity (Wildman–Crippen MR) is 280 cm³/mol. The second-order valence-electron chi connectivity index (χ2n) is 20.1. The highest BCUT2D eigenvalue weighted by Gasteiger charge is 2.45. The van der Waals surface area contributed by atoms with Gasteiger partial charge >= 0.3 is 0 Å². The summed E-state index contributed by atoms with van der Waals surface area (Å²) in [5.74, 6) is 0.341. The van der Waals surface area contributed by atoms with Gasteiger partial charge in [0.1, 0.15) is 40.8 Å². The molecule has 1 saturated heterocycles. The molecule has 2 fully saturated rings. The van der Waals surface area contributed by atoms with E-state index in [9.17, 15) is 24.3 Å². The maximum absolute atomic E-state index is 14.2. The highest BCUT2D eigenvalue weighted by Crippen LogP contribution is 2.40. The molecule has 9 rings (SSSR count). The third-order valence-corrected chi connectivity index (χ3v) is 16.0. The second-order valence-corrected chi connectivity index (χ2v) is 22.6. The van der Waals surface area contributed by atoms with Crippen LogP contribution < -0.4 is 25.4 Å². The number of nitrogens with one attached hydrogen (secondary N) is 3. The SMILES string of the molecule is Cc1ncsc1-c1ccc([C@H](C)NC(=O)[C@@H]2C[C@@H](O)CN2C(=O)[C@@H](NC(=O)COc2ccnc(OC3CC(NC(=O)C[C@@H]4N=C(c5ccc(Cl)cc5)c5c(sc(C)c5C)-n5c(C)nnc54)C3)c2)C(C)(C)C)cc1. The number of aliphatic hydroxyl groups excluding tert-OH is 1. The molecular formula is C53H59ClN10O7S2. The van der Waals surface area contributed by atoms with Crippen molar-refractivity contribution in [1.29, 1.82) is 0 Å². The summed E-state index contributed by atoms with van der Waals surface area (Å²) in [6, 6.07) is 15.6. The van der Waals surface area contributed by atoms with Crippen LogP contribution in [0.25, 0.3) is 15.4 Å². The summed E-state index contributed by atoms with van der Waals surface area (Å²) in [5, 5.41) is 30.2. The average molecular weight is 1050 g/mol. The highest BCUT2D eigenvalue weighted by molar-refractivity contribution is 7.15. The minimum absolute atomic E-state index is 0.0514. The normalized spacial score (nSPS) is 20.1. The standard InChI is InChI=1S/C53H59ClN10O7S2/c1-27-30(4)73-52-45(27)46(33-13-15-35(54)16-14-33)59-40(49-62-61-31(5)64(49)52)23-42(66)58-36-19-39(20-36)71-44-22-38(17-18-55-44)70-25-43(67)60-48(53(6,7)8)51(69)63-24-37(65)21-41(63)50(68)57-28(2)32-9-11-34(12-10-32)47-29(3)56-26-72-47/h9-18,22,26,28,36-37,39-41,48,65H,19-21,23-25H2,1-8H3,(H,57,68)(H,58,66)(H,60,67)/t28-,36?,37+,39?,40-,41-,48+/m0/s1. The number of carbonyl (C=O) groups excluding carboxylic acids is 4. The minimum atomic E-state index is -1.04. The zero-order chi connectivity index (χ0) is 51.9. The van der Waals surface area contributed by atoms with Gasteiger partial charge < -0.3 is 35.4 Å². The first-order valence-electron chi connectivity index (χ1n) is 24.3. The number of amides is 4. The van der Waals surface area contributed by atoms with E-state index < -0.39 is 54.0 Å². The number of aliphatic imine (C=N–C) groups is 1. The van der Waals surface area contributed by atoms with Crippen LogP contribution in [0.3, 0.4) is 0 Å². The lowest BCUT2D eigenvalue weighted by molar-refractivity contribution is -0.144. The number of ether oxygens (including phenoxy) is 2. The molecule has 1 aliphatic carbocycles. The maximum atomic E-state index is 14.2. The Bertz CT molecular complexity index is 3070. The van der Waals surface area contributed by atoms with Crippen molar-refractivity contribution in [1.82, 2.24) is 45.6 Å². The van der Waals surface area contributed by atoms with Gasteiger partial charge in [0.15, 0.2) is 12.4 Å². The Morgan fingerprint density at radius 1 is 0.918 bits per heavy atom. The molecule has 73 heavy (non-hydrogen) atoms. The number of hydrogen-bond donors (Lipinski definition) is 4. The third kappa shape index (κ3) is 11.2. The molecule has 1 saturated carbocycles. The molecule has 0 spiro atoms. The number of thiophene rings is 1. The van der Waals surface area contributed by atoms with Crippen LogP contribution >= 0.6 is 34.3 Å². The Morgan fingerprint density at radius 2 is 1.64 bits per heavy atom. The van der Waals surface area contributed by atoms with E-state index in [4.69, 9.17) is 26.1 Å². The fourth-order valence-electron chi connectivity index (χ4n) is 9.46. The van der Waals surface area contributed by atoms with Crippen molar-refractivity contribution in [3.63, 3.8) is 0 Å². The van der Waals surface area contributed by atoms with Gasteiger partial charge in [-0.3, -0.25) is 28.7 Å². The first-order valence-corrected chi connectivity index (χ1v) is 26.4. The van der Waals surface area contributed by atoms with Crippen LogP contribution in [0.4, 0.5) is 0 Å². The first kappa shape index (κ1) is 51.4. The minimum Gasteiger partial charge on any atom is -0.484 e. The van der Waals surface area contributed by atoms with Crippen LogP contribution in [0.2, 0.25) is 5.02 Å². The number of aromatic nitrogens is 5. The summed E-state index contributed by atoms with van der Waals surface area (Å²) in [7, 11) is 0. The van der Waals surface area contributed by atoms with E-state index in [-0.39, 0.29) is 43.5 Å². The van der Waals surface area contributed by atoms with Gasteiger partial charge in [0.25, 0.3) is 5.91 Å². The maximum Gasteiger partial charge on any atom is 0.258 e. The van der Waals surface area contributed by atoms with Crippen LogP contribution in [0.15, 0.2) is 77.4 Å². The molecule has 6 heterocycles. The van der Waals surface area contributed by atoms with Crippen LogP contribution in [0, 0.1) is 33.1 Å². The molecule has 0 bridgehead atoms. The van der Waals surface area contributed by atoms with E-state index in [1.165, 1.54) is 11.1 Å². The number of aliphatic hydroxyl groups is 1. The van der Waals surface area contributed by atoms with Crippen LogP contribution in [0.1, 0.15) is 110 Å². The number of rotatable bonds is 15. The Kier molecular flexibility index (Phi) is 14.9. The van der Waals surface area contributed by atoms with Crippen molar-refractivity contribution in [3.8, 4) is 27.1 Å². The van der Waals surface area contributed by atoms with E-state index in [1.807, 2.05) is 100 Å². The number of halogens is 1. The number of thiazole rings is 1. The van der Waals surface area contributed by atoms with E-state index in [0.717, 1.165) is 54.0 Å². The van der Waals surface area contributed by atoms with Gasteiger partial charge in [0, 0.05) is 65.1 Å². The number of β-amino-alcohol motifs (C(OH)–C–C–N with tert-alkyl or cyclic N) is 1. The van der Waals surface area contributed by atoms with E-state index in [2.05, 4.69) is 50.0 Å². The number of fused-ring (bicyclic) bond motifs is 3. The number of nitrogens with zero attached hydrogens (tertiary/aromatic N) is 7. The Hall–Kier alpha value is -6.54. The summed E-state index contributed by atoms with van der Waals surface area (Å²) in [4.78, 5) is 72.6. The van der Waals surface area contributed by atoms with Gasteiger partial charge in [-0.15, -0.1) is 32.9 Å². The molecule has 6 aromatic rings. The summed E-state index contributed by atoms with van der Waals surface area (Å²) in [6.45, 7) is 14.9. The number of likely N-dealkylation sites (tertiary alicyclic amines) is 1. The number of benzene rings is 2. The topological polar surface area (TPSA) is 215 Å². The predicted octanol–water partition coefficient (Wildman–Crippen LogP) is 7.49. The Labute approximate surface area is 436 Å². The summed E-state index contributed by atoms with van der Waals surface area (Å²) >= 11 is 9.49. The quantitative estimate of drug-likeness (QED) is 0.0791. The molecule has 2 aliphatic heterocycles. The second kappa shape index (κ2) is 21.1. The zero-order valence-corrected chi connectivity index (χ0v) is 44.3. The van der Waals surface area contributed by atoms with Gasteiger partial charge in [-0.25, -0.2) is 9.97 Å². The molecule has 4 amide bonds. The van der Waals surface area contributed by atoms with Crippen LogP contribution in [-0.4, -0.2) is 108 Å². The summed E-state index contributed by atoms with van der Waals surface area (Å²) < 4.78 is 14.0. The number of hydrogen-bond acceptors (Lipinski definition) is 14. The Balaban J connectivity index is 0.767. The van der Waals surface area contributed by atoms with Gasteiger partial charge in [-0.05, 0) is 74.9 Å². The van der Waals surface area contributed by atoms with E-state index in [0.29, 0.717) is 41.1 Å². The molecule has 0 unspecified atom stereocenters. The molecule has 2 aromatic carbocycles. The van der Waals surface area contributed by atoms with Crippen molar-refractivity contribution >= 4 is 63.6 Å².